The van der Waals surface area contributed by atoms with Gasteiger partial charge in [0, 0.05) is 0 Å². The first-order valence-electron chi connectivity index (χ1n) is 3.55. The van der Waals surface area contributed by atoms with E-state index < -0.39 is 0 Å². The highest BCUT2D eigenvalue weighted by molar-refractivity contribution is 5.56. The molecule has 1 nitrogen and oxygen atoms in total. The van der Waals surface area contributed by atoms with Gasteiger partial charge in [0.05, 0.1) is 0 Å². The van der Waals surface area contributed by atoms with E-state index in [1.807, 2.05) is 13.8 Å². The average molecular weight is 148 g/mol. The molecule has 1 aromatic rings. The summed E-state index contributed by atoms with van der Waals surface area (Å²) < 4.78 is 5.41. The normalized spacial score (nSPS) is 9.64. The van der Waals surface area contributed by atoms with Crippen LogP contribution in [0, 0.1) is 13.8 Å². The molecular formula is C10H12O. The second-order valence-electron chi connectivity index (χ2n) is 2.49. The predicted molar refractivity (Wildman–Crippen MR) is 48.4 cm³/mol. The van der Waals surface area contributed by atoms with Crippen molar-refractivity contribution in [2.75, 3.05) is 0 Å². The van der Waals surface area contributed by atoms with Gasteiger partial charge in [-0.3, -0.25) is 0 Å². The highest BCUT2D eigenvalue weighted by Crippen LogP contribution is 2.22. The molecule has 1 heterocycles. The van der Waals surface area contributed by atoms with E-state index in [0.717, 1.165) is 22.6 Å². The molecule has 0 aromatic carbocycles. The molecule has 0 fully saturated rings. The molecule has 0 spiro atoms. The van der Waals surface area contributed by atoms with Crippen LogP contribution < -0.4 is 0 Å². The SMILES string of the molecule is C=Cc1oc(C=C)c(C)c1C. The molecule has 0 saturated carbocycles. The molecule has 0 radical (unpaired) electrons. The van der Waals surface area contributed by atoms with Gasteiger partial charge in [-0.25, -0.2) is 0 Å². The van der Waals surface area contributed by atoms with Gasteiger partial charge >= 0.3 is 0 Å². The largest absolute Gasteiger partial charge is 0.457 e. The summed E-state index contributed by atoms with van der Waals surface area (Å²) >= 11 is 0. The van der Waals surface area contributed by atoms with E-state index in [1.165, 1.54) is 0 Å². The monoisotopic (exact) mass is 148 g/mol. The summed E-state index contributed by atoms with van der Waals surface area (Å²) in [4.78, 5) is 0. The minimum Gasteiger partial charge on any atom is -0.457 e. The maximum atomic E-state index is 5.41. The molecule has 0 atom stereocenters. The molecule has 0 saturated heterocycles. The highest BCUT2D eigenvalue weighted by Gasteiger charge is 2.07. The van der Waals surface area contributed by atoms with Crippen molar-refractivity contribution in [3.05, 3.63) is 35.8 Å². The van der Waals surface area contributed by atoms with E-state index in [0.29, 0.717) is 0 Å². The molecule has 1 aromatic heterocycles. The maximum absolute atomic E-state index is 5.41. The minimum absolute atomic E-state index is 0.845. The number of rotatable bonds is 2. The fourth-order valence-electron chi connectivity index (χ4n) is 1.03. The Hall–Kier alpha value is -1.24. The lowest BCUT2D eigenvalue weighted by molar-refractivity contribution is 0.544. The van der Waals surface area contributed by atoms with E-state index >= 15 is 0 Å². The third-order valence-electron chi connectivity index (χ3n) is 1.89. The van der Waals surface area contributed by atoms with Crippen LogP contribution in [0.5, 0.6) is 0 Å². The van der Waals surface area contributed by atoms with E-state index in [2.05, 4.69) is 13.2 Å². The lowest BCUT2D eigenvalue weighted by atomic mass is 10.1. The average Bonchev–Trinajstić information content (AvgIpc) is 2.30. The second kappa shape index (κ2) is 2.79. The van der Waals surface area contributed by atoms with E-state index in [4.69, 9.17) is 4.42 Å². The van der Waals surface area contributed by atoms with Gasteiger partial charge in [0.25, 0.3) is 0 Å². The van der Waals surface area contributed by atoms with Crippen LogP contribution in [-0.4, -0.2) is 0 Å². The Morgan fingerprint density at radius 2 is 1.36 bits per heavy atom. The third kappa shape index (κ3) is 1.14. The van der Waals surface area contributed by atoms with Gasteiger partial charge in [0.1, 0.15) is 11.5 Å². The molecular weight excluding hydrogens is 136 g/mol. The van der Waals surface area contributed by atoms with Crippen LogP contribution in [0.15, 0.2) is 17.6 Å². The quantitative estimate of drug-likeness (QED) is 0.627. The number of furan rings is 1. The fraction of sp³-hybridized carbons (Fsp3) is 0.200. The van der Waals surface area contributed by atoms with Crippen molar-refractivity contribution in [2.45, 2.75) is 13.8 Å². The summed E-state index contributed by atoms with van der Waals surface area (Å²) in [6, 6.07) is 0. The second-order valence-corrected chi connectivity index (χ2v) is 2.49. The Bertz CT molecular complexity index is 264. The van der Waals surface area contributed by atoms with Crippen molar-refractivity contribution < 1.29 is 4.42 Å². The minimum atomic E-state index is 0.845. The van der Waals surface area contributed by atoms with Crippen LogP contribution in [0.25, 0.3) is 12.2 Å². The van der Waals surface area contributed by atoms with Crippen molar-refractivity contribution in [3.8, 4) is 0 Å². The van der Waals surface area contributed by atoms with Crippen molar-refractivity contribution in [2.24, 2.45) is 0 Å². The zero-order chi connectivity index (χ0) is 8.43. The highest BCUT2D eigenvalue weighted by atomic mass is 16.3. The zero-order valence-corrected chi connectivity index (χ0v) is 6.98. The Kier molecular flexibility index (Phi) is 1.99. The van der Waals surface area contributed by atoms with Crippen LogP contribution in [0.1, 0.15) is 22.6 Å². The first kappa shape index (κ1) is 7.86. The van der Waals surface area contributed by atoms with Crippen LogP contribution in [0.3, 0.4) is 0 Å². The Labute approximate surface area is 67.0 Å². The molecule has 58 valence electrons. The van der Waals surface area contributed by atoms with Crippen LogP contribution in [-0.2, 0) is 0 Å². The van der Waals surface area contributed by atoms with Gasteiger partial charge in [0.15, 0.2) is 0 Å². The summed E-state index contributed by atoms with van der Waals surface area (Å²) in [5.41, 5.74) is 2.30. The van der Waals surface area contributed by atoms with Crippen molar-refractivity contribution in [1.82, 2.24) is 0 Å². The number of hydrogen-bond acceptors (Lipinski definition) is 1. The Morgan fingerprint density at radius 3 is 1.55 bits per heavy atom. The van der Waals surface area contributed by atoms with Crippen molar-refractivity contribution in [3.63, 3.8) is 0 Å². The Balaban J connectivity index is 3.33. The van der Waals surface area contributed by atoms with Gasteiger partial charge < -0.3 is 4.42 Å². The predicted octanol–water partition coefficient (Wildman–Crippen LogP) is 3.18. The smallest absolute Gasteiger partial charge is 0.130 e. The summed E-state index contributed by atoms with van der Waals surface area (Å²) in [5, 5.41) is 0. The molecule has 1 rings (SSSR count). The van der Waals surface area contributed by atoms with Crippen LogP contribution >= 0.6 is 0 Å². The van der Waals surface area contributed by atoms with Crippen LogP contribution in [0.4, 0.5) is 0 Å². The molecule has 0 bridgehead atoms. The number of hydrogen-bond donors (Lipinski definition) is 0. The molecule has 0 amide bonds. The van der Waals surface area contributed by atoms with Crippen LogP contribution in [0.2, 0.25) is 0 Å². The lowest BCUT2D eigenvalue weighted by Crippen LogP contribution is -1.74. The first-order valence-corrected chi connectivity index (χ1v) is 3.55. The molecule has 0 aliphatic rings. The van der Waals surface area contributed by atoms with Gasteiger partial charge in [-0.2, -0.15) is 0 Å². The van der Waals surface area contributed by atoms with Crippen molar-refractivity contribution in [1.29, 1.82) is 0 Å². The topological polar surface area (TPSA) is 13.1 Å². The summed E-state index contributed by atoms with van der Waals surface area (Å²) in [6.07, 6.45) is 3.44. The zero-order valence-electron chi connectivity index (χ0n) is 6.98. The molecule has 11 heavy (non-hydrogen) atoms. The van der Waals surface area contributed by atoms with E-state index in [1.54, 1.807) is 12.2 Å². The first-order chi connectivity index (χ1) is 5.20. The molecule has 0 aliphatic heterocycles. The maximum Gasteiger partial charge on any atom is 0.130 e. The van der Waals surface area contributed by atoms with Crippen molar-refractivity contribution >= 4 is 12.2 Å². The Morgan fingerprint density at radius 1 is 1.00 bits per heavy atom. The summed E-state index contributed by atoms with van der Waals surface area (Å²) in [6.45, 7) is 11.3. The lowest BCUT2D eigenvalue weighted by Gasteiger charge is -1.86. The molecule has 0 N–H and O–H groups in total. The van der Waals surface area contributed by atoms with E-state index in [-0.39, 0.29) is 0 Å². The molecule has 1 heteroatoms. The van der Waals surface area contributed by atoms with Gasteiger partial charge in [-0.15, -0.1) is 0 Å². The summed E-state index contributed by atoms with van der Waals surface area (Å²) in [7, 11) is 0. The van der Waals surface area contributed by atoms with Gasteiger partial charge in [-0.1, -0.05) is 13.2 Å². The third-order valence-corrected chi connectivity index (χ3v) is 1.89. The summed E-state index contributed by atoms with van der Waals surface area (Å²) in [5.74, 6) is 1.69. The fourth-order valence-corrected chi connectivity index (χ4v) is 1.03. The molecule has 0 unspecified atom stereocenters. The van der Waals surface area contributed by atoms with Gasteiger partial charge in [-0.05, 0) is 37.1 Å². The van der Waals surface area contributed by atoms with E-state index in [9.17, 15) is 0 Å². The standard InChI is InChI=1S/C10H12O/c1-5-9-7(3)8(4)10(6-2)11-9/h5-6H,1-2H2,3-4H3. The molecule has 0 aliphatic carbocycles. The van der Waals surface area contributed by atoms with Gasteiger partial charge in [0.2, 0.25) is 0 Å².